The number of imide groups is 1. The van der Waals surface area contributed by atoms with Crippen molar-refractivity contribution in [2.45, 2.75) is 32.5 Å². The van der Waals surface area contributed by atoms with Crippen molar-refractivity contribution in [3.05, 3.63) is 88.0 Å². The fourth-order valence-corrected chi connectivity index (χ4v) is 6.42. The van der Waals surface area contributed by atoms with Gasteiger partial charge in [-0.05, 0) is 53.9 Å². The maximum absolute atomic E-state index is 14.1. The summed E-state index contributed by atoms with van der Waals surface area (Å²) in [6.45, 7) is 6.14. The van der Waals surface area contributed by atoms with Crippen LogP contribution in [-0.2, 0) is 37.4 Å². The first-order chi connectivity index (χ1) is 24.8. The Bertz CT molecular complexity index is 2100. The second kappa shape index (κ2) is 14.8. The molecule has 1 saturated heterocycles. The number of nitrogens with one attached hydrogen (secondary N) is 1. The van der Waals surface area contributed by atoms with E-state index in [0.29, 0.717) is 53.4 Å². The lowest BCUT2D eigenvalue weighted by molar-refractivity contribution is -0.138. The van der Waals surface area contributed by atoms with Crippen molar-refractivity contribution in [3.63, 3.8) is 0 Å². The van der Waals surface area contributed by atoms with Gasteiger partial charge >= 0.3 is 12.3 Å². The van der Waals surface area contributed by atoms with Crippen LogP contribution in [0.4, 0.5) is 29.6 Å². The Kier molecular flexibility index (Phi) is 10.3. The number of pyridine rings is 1. The molecule has 5 heterocycles. The number of carbonyl (C=O) groups is 3. The monoisotopic (exact) mass is 715 g/mol. The third-order valence-corrected chi connectivity index (χ3v) is 9.21. The van der Waals surface area contributed by atoms with Gasteiger partial charge in [-0.1, -0.05) is 18.9 Å². The molecule has 0 aliphatic carbocycles. The molecule has 0 atom stereocenters. The predicted octanol–water partition coefficient (Wildman–Crippen LogP) is 3.87. The minimum absolute atomic E-state index is 0.0230. The molecule has 6 rings (SSSR count). The van der Waals surface area contributed by atoms with E-state index < -0.39 is 29.6 Å². The van der Waals surface area contributed by atoms with Gasteiger partial charge in [-0.25, -0.2) is 24.6 Å². The number of alkyl halides is 3. The maximum Gasteiger partial charge on any atom is 0.416 e. The molecule has 2 aliphatic rings. The first-order valence-corrected chi connectivity index (χ1v) is 16.6. The molecule has 0 saturated carbocycles. The quantitative estimate of drug-likeness (QED) is 0.240. The summed E-state index contributed by atoms with van der Waals surface area (Å²) >= 11 is 0. The van der Waals surface area contributed by atoms with Crippen molar-refractivity contribution in [1.82, 2.24) is 34.2 Å². The Morgan fingerprint density at radius 2 is 1.77 bits per heavy atom. The Labute approximate surface area is 297 Å². The van der Waals surface area contributed by atoms with Gasteiger partial charge in [-0.2, -0.15) is 13.2 Å². The average molecular weight is 716 g/mol. The van der Waals surface area contributed by atoms with E-state index in [2.05, 4.69) is 43.9 Å². The van der Waals surface area contributed by atoms with Crippen LogP contribution in [0, 0.1) is 11.8 Å². The molecule has 1 fully saturated rings. The van der Waals surface area contributed by atoms with Crippen molar-refractivity contribution in [3.8, 4) is 23.2 Å². The van der Waals surface area contributed by atoms with E-state index in [1.165, 1.54) is 24.5 Å². The van der Waals surface area contributed by atoms with E-state index in [0.717, 1.165) is 30.6 Å². The van der Waals surface area contributed by atoms with E-state index in [-0.39, 0.29) is 42.3 Å². The highest BCUT2D eigenvalue weighted by Crippen LogP contribution is 2.35. The molecule has 4 aromatic rings. The predicted molar refractivity (Wildman–Crippen MR) is 185 cm³/mol. The molecular formula is C36H36F3N9O4. The summed E-state index contributed by atoms with van der Waals surface area (Å²) < 4.78 is 44.0. The third kappa shape index (κ3) is 7.90. The fourth-order valence-electron chi connectivity index (χ4n) is 6.42. The van der Waals surface area contributed by atoms with Gasteiger partial charge in [-0.3, -0.25) is 14.5 Å². The highest BCUT2D eigenvalue weighted by molar-refractivity contribution is 6.05. The van der Waals surface area contributed by atoms with E-state index in [1.807, 2.05) is 4.90 Å². The van der Waals surface area contributed by atoms with E-state index in [1.54, 1.807) is 29.8 Å². The van der Waals surface area contributed by atoms with Crippen LogP contribution < -0.4 is 11.1 Å². The number of nitrogens with zero attached hydrogens (tertiary/aromatic N) is 7. The number of benzene rings is 1. The zero-order valence-corrected chi connectivity index (χ0v) is 28.5. The standard InChI is InChI=1S/C36H36F3N9O4/c1-3-46-12-14-47(15-13-46)21-24-5-7-26(18-28(24)36(37,38)39)43-31(49)17-22-8-10-41-25(16-22)6-4-23-20-42-34(40)44-32(23)30-19-27-29(45(30)2)9-11-48(33(27)50)35(51)52/h5,7-8,10,16,18-20H,3,9,11-15,17,21H2,1-2H3,(H,43,49)(H,51,52)(H2,40,42,44). The van der Waals surface area contributed by atoms with Gasteiger partial charge in [0.05, 0.1) is 28.8 Å². The Balaban J connectivity index is 1.17. The summed E-state index contributed by atoms with van der Waals surface area (Å²) in [5.41, 5.74) is 8.20. The van der Waals surface area contributed by atoms with Crippen LogP contribution in [0.25, 0.3) is 11.4 Å². The van der Waals surface area contributed by atoms with Gasteiger partial charge in [0.2, 0.25) is 11.9 Å². The second-order valence-electron chi connectivity index (χ2n) is 12.5. The fraction of sp³-hybridized carbons (Fsp3) is 0.333. The summed E-state index contributed by atoms with van der Waals surface area (Å²) in [6, 6.07) is 8.64. The lowest BCUT2D eigenvalue weighted by Gasteiger charge is -2.34. The summed E-state index contributed by atoms with van der Waals surface area (Å²) in [4.78, 5) is 55.0. The first kappa shape index (κ1) is 36.0. The minimum Gasteiger partial charge on any atom is -0.465 e. The molecule has 4 N–H and O–H groups in total. The molecule has 1 aromatic carbocycles. The largest absolute Gasteiger partial charge is 0.465 e. The molecule has 0 bridgehead atoms. The van der Waals surface area contributed by atoms with Crippen LogP contribution in [0.2, 0.25) is 0 Å². The lowest BCUT2D eigenvalue weighted by Crippen LogP contribution is -2.45. The number of rotatable bonds is 7. The zero-order valence-electron chi connectivity index (χ0n) is 28.5. The van der Waals surface area contributed by atoms with E-state index in [9.17, 15) is 32.7 Å². The van der Waals surface area contributed by atoms with Gasteiger partial charge in [0.25, 0.3) is 5.91 Å². The normalized spacial score (nSPS) is 15.2. The van der Waals surface area contributed by atoms with E-state index in [4.69, 9.17) is 5.73 Å². The second-order valence-corrected chi connectivity index (χ2v) is 12.5. The van der Waals surface area contributed by atoms with E-state index >= 15 is 0 Å². The molecule has 0 spiro atoms. The van der Waals surface area contributed by atoms with Gasteiger partial charge < -0.3 is 25.6 Å². The van der Waals surface area contributed by atoms with Crippen molar-refractivity contribution < 1.29 is 32.7 Å². The molecule has 270 valence electrons. The number of nitrogens with two attached hydrogens (primary N) is 1. The van der Waals surface area contributed by atoms with Crippen molar-refractivity contribution in [2.24, 2.45) is 7.05 Å². The number of anilines is 2. The first-order valence-electron chi connectivity index (χ1n) is 16.6. The zero-order chi connectivity index (χ0) is 37.2. The molecule has 2 aliphatic heterocycles. The molecule has 3 amide bonds. The van der Waals surface area contributed by atoms with Crippen molar-refractivity contribution in [1.29, 1.82) is 0 Å². The van der Waals surface area contributed by atoms with Gasteiger partial charge in [0.1, 0.15) is 11.4 Å². The lowest BCUT2D eigenvalue weighted by atomic mass is 10.0. The number of carboxylic acid groups (broad SMARTS) is 1. The maximum atomic E-state index is 14.1. The van der Waals surface area contributed by atoms with Crippen LogP contribution in [0.5, 0.6) is 0 Å². The number of likely N-dealkylation sites (N-methyl/N-ethyl adjacent to an activating group) is 1. The summed E-state index contributed by atoms with van der Waals surface area (Å²) in [5.74, 6) is 4.72. The van der Waals surface area contributed by atoms with Crippen molar-refractivity contribution in [2.75, 3.05) is 50.3 Å². The Morgan fingerprint density at radius 1 is 1.02 bits per heavy atom. The molecule has 16 heteroatoms. The molecule has 52 heavy (non-hydrogen) atoms. The SMILES string of the molecule is CCN1CCN(Cc2ccc(NC(=O)Cc3ccnc(C#Cc4cnc(N)nc4-c4cc5c(n4C)CCN(C(=O)O)C5=O)c3)cc2C(F)(F)F)CC1. The van der Waals surface area contributed by atoms with Gasteiger partial charge in [0.15, 0.2) is 0 Å². The van der Waals surface area contributed by atoms with Crippen LogP contribution in [0.15, 0.2) is 48.8 Å². The Hall–Kier alpha value is -5.79. The average Bonchev–Trinajstić information content (AvgIpc) is 3.45. The van der Waals surface area contributed by atoms with Gasteiger partial charge in [-0.15, -0.1) is 0 Å². The topological polar surface area (TPSA) is 163 Å². The van der Waals surface area contributed by atoms with Crippen LogP contribution in [-0.4, -0.2) is 96.5 Å². The van der Waals surface area contributed by atoms with Crippen LogP contribution in [0.1, 0.15) is 50.9 Å². The number of amides is 3. The van der Waals surface area contributed by atoms with Crippen molar-refractivity contribution >= 4 is 29.5 Å². The number of hydrogen-bond donors (Lipinski definition) is 3. The summed E-state index contributed by atoms with van der Waals surface area (Å²) in [5, 5.41) is 12.0. The number of carbonyl (C=O) groups excluding carboxylic acids is 2. The van der Waals surface area contributed by atoms with Gasteiger partial charge in [0, 0.05) is 76.5 Å². The smallest absolute Gasteiger partial charge is 0.416 e. The summed E-state index contributed by atoms with van der Waals surface area (Å²) in [7, 11) is 1.73. The highest BCUT2D eigenvalue weighted by Gasteiger charge is 2.35. The van der Waals surface area contributed by atoms with Crippen LogP contribution in [0.3, 0.4) is 0 Å². The number of hydrogen-bond acceptors (Lipinski definition) is 9. The van der Waals surface area contributed by atoms with Crippen LogP contribution >= 0.6 is 0 Å². The number of fused-ring (bicyclic) bond motifs is 1. The highest BCUT2D eigenvalue weighted by atomic mass is 19.4. The summed E-state index contributed by atoms with van der Waals surface area (Å²) in [6.07, 6.45) is -2.85. The Morgan fingerprint density at radius 3 is 2.48 bits per heavy atom. The molecule has 0 radical (unpaired) electrons. The minimum atomic E-state index is -4.59. The number of nitrogen functional groups attached to an aromatic ring is 1. The third-order valence-electron chi connectivity index (χ3n) is 9.21. The number of aromatic nitrogens is 4. The molecule has 3 aromatic heterocycles. The molecular weight excluding hydrogens is 679 g/mol. The number of piperazine rings is 1. The molecule has 0 unspecified atom stereocenters. The molecule has 13 nitrogen and oxygen atoms in total. The number of halogens is 3.